The summed E-state index contributed by atoms with van der Waals surface area (Å²) in [6.07, 6.45) is 5.02. The van der Waals surface area contributed by atoms with Gasteiger partial charge in [0, 0.05) is 18.1 Å². The highest BCUT2D eigenvalue weighted by molar-refractivity contribution is 9.10. The van der Waals surface area contributed by atoms with Gasteiger partial charge in [0.2, 0.25) is 17.7 Å². The molecule has 4 atom stereocenters. The first-order valence-corrected chi connectivity index (χ1v) is 9.27. The zero-order valence-electron chi connectivity index (χ0n) is 13.9. The van der Waals surface area contributed by atoms with Crippen LogP contribution in [0.4, 0.5) is 0 Å². The molecule has 1 aromatic carbocycles. The van der Waals surface area contributed by atoms with Crippen molar-refractivity contribution in [1.29, 1.82) is 0 Å². The molecule has 0 N–H and O–H groups in total. The normalized spacial score (nSPS) is 29.4. The van der Waals surface area contributed by atoms with E-state index in [0.717, 1.165) is 16.5 Å². The molecule has 4 rings (SSSR count). The SMILES string of the molecule is CN(Cc1ccc(Br)cc1)C(=O)CN1C(=O)C2C3C=CC(C3)C2C1=O. The maximum Gasteiger partial charge on any atom is 0.242 e. The van der Waals surface area contributed by atoms with Gasteiger partial charge in [0.05, 0.1) is 11.8 Å². The minimum Gasteiger partial charge on any atom is -0.340 e. The Morgan fingerprint density at radius 2 is 1.68 bits per heavy atom. The third-order valence-electron chi connectivity index (χ3n) is 5.61. The largest absolute Gasteiger partial charge is 0.340 e. The second-order valence-electron chi connectivity index (χ2n) is 7.14. The van der Waals surface area contributed by atoms with Crippen molar-refractivity contribution in [2.45, 2.75) is 13.0 Å². The molecule has 6 heteroatoms. The van der Waals surface area contributed by atoms with Gasteiger partial charge in [-0.25, -0.2) is 0 Å². The molecule has 0 aromatic heterocycles. The molecule has 1 heterocycles. The molecule has 130 valence electrons. The van der Waals surface area contributed by atoms with Gasteiger partial charge >= 0.3 is 0 Å². The quantitative estimate of drug-likeness (QED) is 0.572. The summed E-state index contributed by atoms with van der Waals surface area (Å²) in [5.41, 5.74) is 0.997. The number of amides is 3. The van der Waals surface area contributed by atoms with Gasteiger partial charge in [-0.1, -0.05) is 40.2 Å². The smallest absolute Gasteiger partial charge is 0.242 e. The maximum atomic E-state index is 12.6. The zero-order valence-corrected chi connectivity index (χ0v) is 15.5. The summed E-state index contributed by atoms with van der Waals surface area (Å²) in [7, 11) is 1.70. The van der Waals surface area contributed by atoms with Crippen LogP contribution in [0.3, 0.4) is 0 Å². The summed E-state index contributed by atoms with van der Waals surface area (Å²) in [4.78, 5) is 40.5. The Morgan fingerprint density at radius 1 is 1.12 bits per heavy atom. The van der Waals surface area contributed by atoms with Gasteiger partial charge in [-0.3, -0.25) is 19.3 Å². The second kappa shape index (κ2) is 6.09. The third kappa shape index (κ3) is 2.72. The van der Waals surface area contributed by atoms with E-state index in [-0.39, 0.29) is 47.9 Å². The fraction of sp³-hybridized carbons (Fsp3) is 0.421. The lowest BCUT2D eigenvalue weighted by molar-refractivity contribution is -0.146. The lowest BCUT2D eigenvalue weighted by Crippen LogP contribution is -2.42. The number of halogens is 1. The summed E-state index contributed by atoms with van der Waals surface area (Å²) in [6, 6.07) is 7.72. The van der Waals surface area contributed by atoms with Crippen LogP contribution < -0.4 is 0 Å². The van der Waals surface area contributed by atoms with Gasteiger partial charge in [-0.05, 0) is 36.0 Å². The van der Waals surface area contributed by atoms with Crippen LogP contribution in [0.5, 0.6) is 0 Å². The van der Waals surface area contributed by atoms with Crippen molar-refractivity contribution < 1.29 is 14.4 Å². The van der Waals surface area contributed by atoms with E-state index in [1.807, 2.05) is 24.3 Å². The van der Waals surface area contributed by atoms with Crippen LogP contribution in [-0.2, 0) is 20.9 Å². The number of rotatable bonds is 4. The van der Waals surface area contributed by atoms with Crippen LogP contribution in [0.1, 0.15) is 12.0 Å². The van der Waals surface area contributed by atoms with Crippen LogP contribution in [-0.4, -0.2) is 41.1 Å². The average molecular weight is 403 g/mol. The number of likely N-dealkylation sites (N-methyl/N-ethyl adjacent to an activating group) is 1. The Morgan fingerprint density at radius 3 is 2.24 bits per heavy atom. The van der Waals surface area contributed by atoms with Crippen molar-refractivity contribution in [3.05, 3.63) is 46.5 Å². The minimum atomic E-state index is -0.243. The van der Waals surface area contributed by atoms with Gasteiger partial charge in [-0.15, -0.1) is 0 Å². The van der Waals surface area contributed by atoms with Crippen molar-refractivity contribution in [2.24, 2.45) is 23.7 Å². The van der Waals surface area contributed by atoms with E-state index in [2.05, 4.69) is 28.1 Å². The molecule has 2 fully saturated rings. The zero-order chi connectivity index (χ0) is 17.7. The average Bonchev–Trinajstić information content (AvgIpc) is 3.26. The van der Waals surface area contributed by atoms with Gasteiger partial charge in [0.25, 0.3) is 0 Å². The summed E-state index contributed by atoms with van der Waals surface area (Å²) >= 11 is 3.38. The molecule has 3 aliphatic rings. The number of fused-ring (bicyclic) bond motifs is 5. The molecule has 3 amide bonds. The van der Waals surface area contributed by atoms with Crippen LogP contribution in [0.15, 0.2) is 40.9 Å². The Bertz CT molecular complexity index is 743. The first-order valence-electron chi connectivity index (χ1n) is 8.47. The van der Waals surface area contributed by atoms with Crippen molar-refractivity contribution in [3.63, 3.8) is 0 Å². The minimum absolute atomic E-state index is 0.156. The molecular weight excluding hydrogens is 384 g/mol. The highest BCUT2D eigenvalue weighted by Crippen LogP contribution is 2.52. The second-order valence-corrected chi connectivity index (χ2v) is 8.05. The summed E-state index contributed by atoms with van der Waals surface area (Å²) in [5, 5.41) is 0. The molecule has 2 aliphatic carbocycles. The highest BCUT2D eigenvalue weighted by atomic mass is 79.9. The lowest BCUT2D eigenvalue weighted by atomic mass is 9.85. The lowest BCUT2D eigenvalue weighted by Gasteiger charge is -2.22. The number of carbonyl (C=O) groups is 3. The van der Waals surface area contributed by atoms with E-state index >= 15 is 0 Å². The molecule has 1 aromatic rings. The Hall–Kier alpha value is -1.95. The highest BCUT2D eigenvalue weighted by Gasteiger charge is 2.59. The number of hydrogen-bond donors (Lipinski definition) is 0. The number of carbonyl (C=O) groups excluding carboxylic acids is 3. The van der Waals surface area contributed by atoms with Gasteiger partial charge in [0.15, 0.2) is 0 Å². The third-order valence-corrected chi connectivity index (χ3v) is 6.14. The first kappa shape index (κ1) is 16.5. The number of imide groups is 1. The van der Waals surface area contributed by atoms with Crippen molar-refractivity contribution in [3.8, 4) is 0 Å². The first-order chi connectivity index (χ1) is 12.0. The van der Waals surface area contributed by atoms with Crippen LogP contribution in [0, 0.1) is 23.7 Å². The maximum absolute atomic E-state index is 12.6. The van der Waals surface area contributed by atoms with E-state index in [4.69, 9.17) is 0 Å². The molecule has 0 radical (unpaired) electrons. The summed E-state index contributed by atoms with van der Waals surface area (Å²) in [6.45, 7) is 0.291. The molecule has 2 bridgehead atoms. The van der Waals surface area contributed by atoms with Crippen molar-refractivity contribution >= 4 is 33.7 Å². The predicted octanol–water partition coefficient (Wildman–Crippen LogP) is 2.21. The van der Waals surface area contributed by atoms with E-state index in [0.29, 0.717) is 6.54 Å². The molecule has 1 aliphatic heterocycles. The summed E-state index contributed by atoms with van der Waals surface area (Å²) < 4.78 is 0.980. The molecule has 4 unspecified atom stereocenters. The number of nitrogens with zero attached hydrogens (tertiary/aromatic N) is 2. The van der Waals surface area contributed by atoms with E-state index in [1.54, 1.807) is 11.9 Å². The number of hydrogen-bond acceptors (Lipinski definition) is 3. The molecule has 1 saturated heterocycles. The van der Waals surface area contributed by atoms with E-state index < -0.39 is 0 Å². The number of allylic oxidation sites excluding steroid dienone is 2. The molecular formula is C19H19BrN2O3. The standard InChI is InChI=1S/C19H19BrN2O3/c1-21(9-11-2-6-14(20)7-3-11)15(23)10-22-18(24)16-12-4-5-13(8-12)17(16)19(22)25/h2-7,12-13,16-17H,8-10H2,1H3. The topological polar surface area (TPSA) is 57.7 Å². The van der Waals surface area contributed by atoms with E-state index in [1.165, 1.54) is 4.90 Å². The van der Waals surface area contributed by atoms with Gasteiger partial charge in [-0.2, -0.15) is 0 Å². The van der Waals surface area contributed by atoms with Crippen LogP contribution in [0.25, 0.3) is 0 Å². The Labute approximate surface area is 154 Å². The van der Waals surface area contributed by atoms with Crippen LogP contribution >= 0.6 is 15.9 Å². The molecule has 5 nitrogen and oxygen atoms in total. The van der Waals surface area contributed by atoms with Crippen LogP contribution in [0.2, 0.25) is 0 Å². The fourth-order valence-electron chi connectivity index (χ4n) is 4.33. The van der Waals surface area contributed by atoms with Gasteiger partial charge in [0.1, 0.15) is 6.54 Å². The molecule has 25 heavy (non-hydrogen) atoms. The Balaban J connectivity index is 1.42. The van der Waals surface area contributed by atoms with Crippen molar-refractivity contribution in [1.82, 2.24) is 9.80 Å². The molecule has 0 spiro atoms. The van der Waals surface area contributed by atoms with E-state index in [9.17, 15) is 14.4 Å². The monoisotopic (exact) mass is 402 g/mol. The number of likely N-dealkylation sites (tertiary alicyclic amines) is 1. The predicted molar refractivity (Wildman–Crippen MR) is 95.1 cm³/mol. The Kier molecular flexibility index (Phi) is 4.02. The molecule has 1 saturated carbocycles. The van der Waals surface area contributed by atoms with Gasteiger partial charge < -0.3 is 4.90 Å². The fourth-order valence-corrected chi connectivity index (χ4v) is 4.59. The summed E-state index contributed by atoms with van der Waals surface area (Å²) in [5.74, 6) is -0.697. The number of benzene rings is 1. The van der Waals surface area contributed by atoms with Crippen molar-refractivity contribution in [2.75, 3.05) is 13.6 Å².